The summed E-state index contributed by atoms with van der Waals surface area (Å²) in [5, 5.41) is 1.16. The van der Waals surface area contributed by atoms with Crippen LogP contribution in [0, 0.1) is 0 Å². The fourth-order valence-electron chi connectivity index (χ4n) is 1.29. The first-order valence-electron chi connectivity index (χ1n) is 3.94. The van der Waals surface area contributed by atoms with Gasteiger partial charge in [-0.3, -0.25) is 0 Å². The standard InChI is InChI=1S/C9H9BrN2/c1-2-7-8(10)6-4-3-5-11-9(6)12-7/h3-5H,2H2,1H3,(H,11,12). The van der Waals surface area contributed by atoms with Crippen LogP contribution in [0.15, 0.2) is 22.8 Å². The lowest BCUT2D eigenvalue weighted by atomic mass is 10.3. The van der Waals surface area contributed by atoms with Gasteiger partial charge in [0.2, 0.25) is 0 Å². The van der Waals surface area contributed by atoms with Crippen molar-refractivity contribution in [2.75, 3.05) is 0 Å². The molecule has 0 unspecified atom stereocenters. The van der Waals surface area contributed by atoms with Crippen LogP contribution in [0.3, 0.4) is 0 Å². The lowest BCUT2D eigenvalue weighted by Crippen LogP contribution is -1.78. The minimum atomic E-state index is 0.959. The van der Waals surface area contributed by atoms with Crippen molar-refractivity contribution in [1.82, 2.24) is 9.97 Å². The fraction of sp³-hybridized carbons (Fsp3) is 0.222. The molecule has 0 saturated heterocycles. The normalized spacial score (nSPS) is 10.8. The van der Waals surface area contributed by atoms with Crippen molar-refractivity contribution in [3.05, 3.63) is 28.5 Å². The van der Waals surface area contributed by atoms with Gasteiger partial charge in [-0.05, 0) is 34.5 Å². The molecule has 0 spiro atoms. The highest BCUT2D eigenvalue weighted by atomic mass is 79.9. The van der Waals surface area contributed by atoms with Crippen LogP contribution in [0.1, 0.15) is 12.6 Å². The molecule has 0 aliphatic rings. The van der Waals surface area contributed by atoms with Gasteiger partial charge in [0.05, 0.1) is 0 Å². The molecule has 0 aliphatic carbocycles. The Morgan fingerprint density at radius 1 is 1.58 bits per heavy atom. The van der Waals surface area contributed by atoms with E-state index < -0.39 is 0 Å². The van der Waals surface area contributed by atoms with E-state index in [2.05, 4.69) is 38.9 Å². The SMILES string of the molecule is CCc1[nH]c2ncccc2c1Br. The number of nitrogens with one attached hydrogen (secondary N) is 1. The monoisotopic (exact) mass is 224 g/mol. The third-order valence-corrected chi connectivity index (χ3v) is 2.84. The van der Waals surface area contributed by atoms with E-state index in [1.807, 2.05) is 6.07 Å². The predicted molar refractivity (Wildman–Crippen MR) is 53.2 cm³/mol. The van der Waals surface area contributed by atoms with Crippen LogP contribution in [0.25, 0.3) is 11.0 Å². The number of hydrogen-bond donors (Lipinski definition) is 1. The second-order valence-electron chi connectivity index (χ2n) is 2.67. The van der Waals surface area contributed by atoms with Gasteiger partial charge in [0.1, 0.15) is 5.65 Å². The molecule has 0 atom stereocenters. The summed E-state index contributed by atoms with van der Waals surface area (Å²) < 4.78 is 1.15. The number of aromatic amines is 1. The van der Waals surface area contributed by atoms with E-state index in [1.54, 1.807) is 6.20 Å². The Hall–Kier alpha value is -0.830. The Labute approximate surface area is 79.1 Å². The molecule has 2 heterocycles. The van der Waals surface area contributed by atoms with Crippen LogP contribution in [0.4, 0.5) is 0 Å². The van der Waals surface area contributed by atoms with Crippen molar-refractivity contribution < 1.29 is 0 Å². The molecule has 0 aromatic carbocycles. The number of halogens is 1. The quantitative estimate of drug-likeness (QED) is 0.794. The Kier molecular flexibility index (Phi) is 1.89. The molecule has 0 saturated carbocycles. The summed E-state index contributed by atoms with van der Waals surface area (Å²) in [4.78, 5) is 7.48. The van der Waals surface area contributed by atoms with Gasteiger partial charge in [-0.15, -0.1) is 0 Å². The second-order valence-corrected chi connectivity index (χ2v) is 3.46. The summed E-state index contributed by atoms with van der Waals surface area (Å²) in [5.41, 5.74) is 2.17. The van der Waals surface area contributed by atoms with Crippen molar-refractivity contribution in [3.8, 4) is 0 Å². The molecule has 0 amide bonds. The zero-order valence-corrected chi connectivity index (χ0v) is 8.35. The molecule has 3 heteroatoms. The number of fused-ring (bicyclic) bond motifs is 1. The fourth-order valence-corrected chi connectivity index (χ4v) is 1.99. The van der Waals surface area contributed by atoms with Crippen LogP contribution < -0.4 is 0 Å². The zero-order chi connectivity index (χ0) is 8.55. The molecule has 1 N–H and O–H groups in total. The number of aryl methyl sites for hydroxylation is 1. The van der Waals surface area contributed by atoms with E-state index in [0.29, 0.717) is 0 Å². The van der Waals surface area contributed by atoms with Gasteiger partial charge in [-0.25, -0.2) is 4.98 Å². The van der Waals surface area contributed by atoms with E-state index in [0.717, 1.165) is 21.9 Å². The Morgan fingerprint density at radius 3 is 3.08 bits per heavy atom. The summed E-state index contributed by atoms with van der Waals surface area (Å²) in [5.74, 6) is 0. The number of nitrogens with zero attached hydrogens (tertiary/aromatic N) is 1. The smallest absolute Gasteiger partial charge is 0.138 e. The Balaban J connectivity index is 2.78. The topological polar surface area (TPSA) is 28.7 Å². The van der Waals surface area contributed by atoms with Crippen molar-refractivity contribution >= 4 is 27.0 Å². The summed E-state index contributed by atoms with van der Waals surface area (Å²) in [7, 11) is 0. The van der Waals surface area contributed by atoms with E-state index in [9.17, 15) is 0 Å². The Morgan fingerprint density at radius 2 is 2.42 bits per heavy atom. The van der Waals surface area contributed by atoms with Gasteiger partial charge in [0.15, 0.2) is 0 Å². The Bertz CT molecular complexity index is 406. The van der Waals surface area contributed by atoms with Gasteiger partial charge in [0, 0.05) is 21.7 Å². The van der Waals surface area contributed by atoms with Crippen molar-refractivity contribution in [3.63, 3.8) is 0 Å². The van der Waals surface area contributed by atoms with Crippen LogP contribution >= 0.6 is 15.9 Å². The molecule has 0 fully saturated rings. The molecule has 2 nitrogen and oxygen atoms in total. The minimum Gasteiger partial charge on any atom is -0.342 e. The summed E-state index contributed by atoms with van der Waals surface area (Å²) in [6.45, 7) is 2.12. The number of aromatic nitrogens is 2. The van der Waals surface area contributed by atoms with E-state index in [1.165, 1.54) is 5.69 Å². The van der Waals surface area contributed by atoms with Gasteiger partial charge in [0.25, 0.3) is 0 Å². The molecule has 2 aromatic rings. The highest BCUT2D eigenvalue weighted by Crippen LogP contribution is 2.26. The van der Waals surface area contributed by atoms with Gasteiger partial charge in [-0.2, -0.15) is 0 Å². The molecule has 12 heavy (non-hydrogen) atoms. The van der Waals surface area contributed by atoms with Crippen molar-refractivity contribution in [2.24, 2.45) is 0 Å². The lowest BCUT2D eigenvalue weighted by Gasteiger charge is -1.88. The summed E-state index contributed by atoms with van der Waals surface area (Å²) in [6, 6.07) is 4.00. The third-order valence-electron chi connectivity index (χ3n) is 1.93. The van der Waals surface area contributed by atoms with Crippen molar-refractivity contribution in [2.45, 2.75) is 13.3 Å². The number of H-pyrrole nitrogens is 1. The van der Waals surface area contributed by atoms with E-state index in [-0.39, 0.29) is 0 Å². The molecular weight excluding hydrogens is 216 g/mol. The maximum absolute atomic E-state index is 4.23. The average Bonchev–Trinajstić information content (AvgIpc) is 2.44. The first kappa shape index (κ1) is 7.80. The molecule has 2 aromatic heterocycles. The van der Waals surface area contributed by atoms with Crippen molar-refractivity contribution in [1.29, 1.82) is 0 Å². The maximum atomic E-state index is 4.23. The zero-order valence-electron chi connectivity index (χ0n) is 6.76. The van der Waals surface area contributed by atoms with Crippen LogP contribution in [0.2, 0.25) is 0 Å². The third kappa shape index (κ3) is 1.05. The molecule has 0 aliphatic heterocycles. The first-order chi connectivity index (χ1) is 5.83. The van der Waals surface area contributed by atoms with Crippen LogP contribution in [0.5, 0.6) is 0 Å². The average molecular weight is 225 g/mol. The van der Waals surface area contributed by atoms with Gasteiger partial charge in [-0.1, -0.05) is 6.92 Å². The van der Waals surface area contributed by atoms with Gasteiger partial charge >= 0.3 is 0 Å². The van der Waals surface area contributed by atoms with Crippen LogP contribution in [-0.2, 0) is 6.42 Å². The van der Waals surface area contributed by atoms with E-state index >= 15 is 0 Å². The highest BCUT2D eigenvalue weighted by molar-refractivity contribution is 9.10. The molecular formula is C9H9BrN2. The molecule has 0 radical (unpaired) electrons. The van der Waals surface area contributed by atoms with E-state index in [4.69, 9.17) is 0 Å². The molecule has 2 rings (SSSR count). The van der Waals surface area contributed by atoms with Gasteiger partial charge < -0.3 is 4.98 Å². The maximum Gasteiger partial charge on any atom is 0.138 e. The largest absolute Gasteiger partial charge is 0.342 e. The molecule has 62 valence electrons. The number of hydrogen-bond acceptors (Lipinski definition) is 1. The minimum absolute atomic E-state index is 0.959. The predicted octanol–water partition coefficient (Wildman–Crippen LogP) is 2.89. The first-order valence-corrected chi connectivity index (χ1v) is 4.73. The summed E-state index contributed by atoms with van der Waals surface area (Å²) >= 11 is 3.54. The second kappa shape index (κ2) is 2.90. The van der Waals surface area contributed by atoms with Crippen LogP contribution in [-0.4, -0.2) is 9.97 Å². The number of rotatable bonds is 1. The summed E-state index contributed by atoms with van der Waals surface area (Å²) in [6.07, 6.45) is 2.79. The lowest BCUT2D eigenvalue weighted by molar-refractivity contribution is 1.06. The number of pyridine rings is 1. The molecule has 0 bridgehead atoms. The highest BCUT2D eigenvalue weighted by Gasteiger charge is 2.06.